The minimum Gasteiger partial charge on any atom is -0.338 e. The van der Waals surface area contributed by atoms with Crippen molar-refractivity contribution in [2.75, 3.05) is 7.05 Å². The highest BCUT2D eigenvalue weighted by atomic mass is 16.5. The zero-order valence-corrected chi connectivity index (χ0v) is 15.5. The van der Waals surface area contributed by atoms with Crippen LogP contribution in [-0.2, 0) is 6.54 Å². The predicted octanol–water partition coefficient (Wildman–Crippen LogP) is 4.70. The summed E-state index contributed by atoms with van der Waals surface area (Å²) in [5, 5.41) is 4.10. The molecule has 0 aromatic carbocycles. The highest BCUT2D eigenvalue weighted by Crippen LogP contribution is 2.31. The third-order valence-corrected chi connectivity index (χ3v) is 5.45. The quantitative estimate of drug-likeness (QED) is 0.651. The van der Waals surface area contributed by atoms with Gasteiger partial charge in [0.25, 0.3) is 0 Å². The fourth-order valence-corrected chi connectivity index (χ4v) is 3.84. The Morgan fingerprint density at radius 2 is 1.88 bits per heavy atom. The van der Waals surface area contributed by atoms with Crippen LogP contribution in [0.2, 0.25) is 0 Å². The Morgan fingerprint density at radius 3 is 2.60 bits per heavy atom. The number of hydrogen-bond acceptors (Lipinski definition) is 5. The Labute approximate surface area is 150 Å². The van der Waals surface area contributed by atoms with Gasteiger partial charge in [-0.2, -0.15) is 4.98 Å². The van der Waals surface area contributed by atoms with Crippen LogP contribution in [0, 0.1) is 5.92 Å². The van der Waals surface area contributed by atoms with Crippen LogP contribution in [0.4, 0.5) is 0 Å². The summed E-state index contributed by atoms with van der Waals surface area (Å²) in [5.74, 6) is 2.28. The lowest BCUT2D eigenvalue weighted by atomic mass is 9.82. The average molecular weight is 342 g/mol. The summed E-state index contributed by atoms with van der Waals surface area (Å²) in [6.07, 6.45) is 14.3. The van der Waals surface area contributed by atoms with Crippen molar-refractivity contribution in [3.8, 4) is 11.4 Å². The van der Waals surface area contributed by atoms with Gasteiger partial charge in [-0.05, 0) is 50.8 Å². The van der Waals surface area contributed by atoms with E-state index in [1.54, 1.807) is 12.4 Å². The van der Waals surface area contributed by atoms with Crippen LogP contribution in [0.3, 0.4) is 0 Å². The van der Waals surface area contributed by atoms with Gasteiger partial charge in [0, 0.05) is 24.0 Å². The van der Waals surface area contributed by atoms with Gasteiger partial charge in [-0.15, -0.1) is 0 Å². The molecule has 1 aliphatic carbocycles. The maximum Gasteiger partial charge on any atom is 0.241 e. The Balaban J connectivity index is 1.47. The van der Waals surface area contributed by atoms with E-state index in [1.807, 2.05) is 12.1 Å². The lowest BCUT2D eigenvalue weighted by molar-refractivity contribution is 0.141. The lowest BCUT2D eigenvalue weighted by Crippen LogP contribution is -2.34. The number of pyridine rings is 1. The minimum absolute atomic E-state index is 0.638. The molecule has 0 N–H and O–H groups in total. The first-order valence-corrected chi connectivity index (χ1v) is 9.69. The molecular weight excluding hydrogens is 312 g/mol. The molecule has 0 saturated heterocycles. The smallest absolute Gasteiger partial charge is 0.241 e. The topological polar surface area (TPSA) is 55.1 Å². The molecule has 2 heterocycles. The highest BCUT2D eigenvalue weighted by Gasteiger charge is 2.24. The van der Waals surface area contributed by atoms with Gasteiger partial charge in [-0.1, -0.05) is 37.8 Å². The molecule has 25 heavy (non-hydrogen) atoms. The zero-order valence-electron chi connectivity index (χ0n) is 15.5. The van der Waals surface area contributed by atoms with E-state index in [2.05, 4.69) is 34.0 Å². The van der Waals surface area contributed by atoms with Gasteiger partial charge in [0.05, 0.1) is 6.54 Å². The van der Waals surface area contributed by atoms with E-state index in [1.165, 1.54) is 51.4 Å². The van der Waals surface area contributed by atoms with E-state index in [9.17, 15) is 0 Å². The third kappa shape index (κ3) is 5.11. The Bertz CT molecular complexity index is 620. The molecule has 1 fully saturated rings. The fraction of sp³-hybridized carbons (Fsp3) is 0.650. The molecule has 0 amide bonds. The summed E-state index contributed by atoms with van der Waals surface area (Å²) in [7, 11) is 2.18. The first-order chi connectivity index (χ1) is 12.3. The molecule has 0 spiro atoms. The number of rotatable bonds is 8. The second-order valence-electron chi connectivity index (χ2n) is 7.33. The van der Waals surface area contributed by atoms with Crippen LogP contribution in [0.15, 0.2) is 29.0 Å². The van der Waals surface area contributed by atoms with E-state index in [0.717, 1.165) is 18.0 Å². The molecular formula is C20H30N4O. The summed E-state index contributed by atoms with van der Waals surface area (Å²) in [4.78, 5) is 10.9. The SMILES string of the molecule is CCCCCC1CCC(N(C)Cc2nc(-c3ccncc3)no2)CC1. The monoisotopic (exact) mass is 342 g/mol. The van der Waals surface area contributed by atoms with Crippen molar-refractivity contribution in [1.82, 2.24) is 20.0 Å². The molecule has 0 aliphatic heterocycles. The first kappa shape index (κ1) is 18.1. The number of nitrogens with zero attached hydrogens (tertiary/aromatic N) is 4. The van der Waals surface area contributed by atoms with Gasteiger partial charge in [-0.25, -0.2) is 0 Å². The summed E-state index contributed by atoms with van der Waals surface area (Å²) in [6, 6.07) is 4.44. The predicted molar refractivity (Wildman–Crippen MR) is 98.9 cm³/mol. The van der Waals surface area contributed by atoms with E-state index >= 15 is 0 Å². The third-order valence-electron chi connectivity index (χ3n) is 5.45. The molecule has 3 rings (SSSR count). The van der Waals surface area contributed by atoms with Crippen molar-refractivity contribution in [3.63, 3.8) is 0 Å². The molecule has 1 saturated carbocycles. The van der Waals surface area contributed by atoms with Gasteiger partial charge in [-0.3, -0.25) is 9.88 Å². The Morgan fingerprint density at radius 1 is 1.12 bits per heavy atom. The maximum absolute atomic E-state index is 5.44. The summed E-state index contributed by atoms with van der Waals surface area (Å²) < 4.78 is 5.44. The number of unbranched alkanes of at least 4 members (excludes halogenated alkanes) is 2. The van der Waals surface area contributed by atoms with Crippen molar-refractivity contribution in [2.24, 2.45) is 5.92 Å². The summed E-state index contributed by atoms with van der Waals surface area (Å²) in [5.41, 5.74) is 0.945. The van der Waals surface area contributed by atoms with Crippen LogP contribution in [-0.4, -0.2) is 33.1 Å². The molecule has 136 valence electrons. The van der Waals surface area contributed by atoms with Crippen molar-refractivity contribution < 1.29 is 4.52 Å². The lowest BCUT2D eigenvalue weighted by Gasteiger charge is -2.34. The van der Waals surface area contributed by atoms with Crippen LogP contribution in [0.1, 0.15) is 64.2 Å². The molecule has 5 nitrogen and oxygen atoms in total. The van der Waals surface area contributed by atoms with E-state index in [0.29, 0.717) is 17.8 Å². The highest BCUT2D eigenvalue weighted by molar-refractivity contribution is 5.52. The van der Waals surface area contributed by atoms with Gasteiger partial charge < -0.3 is 4.52 Å². The van der Waals surface area contributed by atoms with Crippen LogP contribution in [0.5, 0.6) is 0 Å². The van der Waals surface area contributed by atoms with Crippen molar-refractivity contribution >= 4 is 0 Å². The average Bonchev–Trinajstić information content (AvgIpc) is 3.12. The van der Waals surface area contributed by atoms with Gasteiger partial charge in [0.15, 0.2) is 0 Å². The second kappa shape index (κ2) is 9.09. The normalized spacial score (nSPS) is 20.9. The van der Waals surface area contributed by atoms with Gasteiger partial charge >= 0.3 is 0 Å². The van der Waals surface area contributed by atoms with E-state index < -0.39 is 0 Å². The van der Waals surface area contributed by atoms with Crippen molar-refractivity contribution in [3.05, 3.63) is 30.4 Å². The molecule has 5 heteroatoms. The maximum atomic E-state index is 5.44. The van der Waals surface area contributed by atoms with Crippen LogP contribution < -0.4 is 0 Å². The first-order valence-electron chi connectivity index (χ1n) is 9.69. The summed E-state index contributed by atoms with van der Waals surface area (Å²) >= 11 is 0. The second-order valence-corrected chi connectivity index (χ2v) is 7.33. The van der Waals surface area contributed by atoms with E-state index in [-0.39, 0.29) is 0 Å². The Kier molecular flexibility index (Phi) is 6.56. The molecule has 0 radical (unpaired) electrons. The van der Waals surface area contributed by atoms with Gasteiger partial charge in [0.2, 0.25) is 11.7 Å². The largest absolute Gasteiger partial charge is 0.338 e. The molecule has 0 bridgehead atoms. The van der Waals surface area contributed by atoms with Crippen molar-refractivity contribution in [1.29, 1.82) is 0 Å². The van der Waals surface area contributed by atoms with Gasteiger partial charge in [0.1, 0.15) is 0 Å². The number of aromatic nitrogens is 3. The standard InChI is InChI=1S/C20H30N4O/c1-3-4-5-6-16-7-9-18(10-8-16)24(2)15-19-22-20(23-25-19)17-11-13-21-14-12-17/h11-14,16,18H,3-10,15H2,1-2H3. The molecule has 2 aromatic heterocycles. The zero-order chi connectivity index (χ0) is 17.5. The van der Waals surface area contributed by atoms with Crippen LogP contribution >= 0.6 is 0 Å². The molecule has 0 atom stereocenters. The minimum atomic E-state index is 0.638. The molecule has 1 aliphatic rings. The number of hydrogen-bond donors (Lipinski definition) is 0. The van der Waals surface area contributed by atoms with E-state index in [4.69, 9.17) is 4.52 Å². The Hall–Kier alpha value is -1.75. The molecule has 2 aromatic rings. The fourth-order valence-electron chi connectivity index (χ4n) is 3.84. The van der Waals surface area contributed by atoms with Crippen molar-refractivity contribution in [2.45, 2.75) is 70.9 Å². The molecule has 0 unspecified atom stereocenters. The van der Waals surface area contributed by atoms with Crippen LogP contribution in [0.25, 0.3) is 11.4 Å². The summed E-state index contributed by atoms with van der Waals surface area (Å²) in [6.45, 7) is 3.01.